The molecule has 130 valence electrons. The van der Waals surface area contributed by atoms with Crippen molar-refractivity contribution in [2.24, 2.45) is 5.73 Å². The van der Waals surface area contributed by atoms with Crippen LogP contribution in [0.4, 0.5) is 11.8 Å². The maximum absolute atomic E-state index is 6.42. The Morgan fingerprint density at radius 3 is 2.58 bits per heavy atom. The normalized spacial score (nSPS) is 21.0. The lowest BCUT2D eigenvalue weighted by Gasteiger charge is -2.23. The molecule has 0 aliphatic heterocycles. The molecule has 0 bridgehead atoms. The Hall–Kier alpha value is -1.56. The van der Waals surface area contributed by atoms with Gasteiger partial charge in [-0.1, -0.05) is 24.3 Å². The fourth-order valence-corrected chi connectivity index (χ4v) is 3.67. The number of nitrogen functional groups attached to an aromatic ring is 1. The molecule has 2 aliphatic carbocycles. The molecular weight excluding hydrogens is 345 g/mol. The van der Waals surface area contributed by atoms with Crippen LogP contribution in [0.15, 0.2) is 24.3 Å². The third-order valence-corrected chi connectivity index (χ3v) is 4.81. The number of nitrogens with one attached hydrogen (secondary N) is 1. The van der Waals surface area contributed by atoms with Crippen LogP contribution in [0.1, 0.15) is 41.3 Å². The van der Waals surface area contributed by atoms with Crippen molar-refractivity contribution in [2.75, 3.05) is 11.1 Å². The second kappa shape index (κ2) is 7.55. The first-order chi connectivity index (χ1) is 10.7. The first-order valence-corrected chi connectivity index (χ1v) is 7.97. The van der Waals surface area contributed by atoms with Gasteiger partial charge in [-0.3, -0.25) is 0 Å². The molecule has 2 atom stereocenters. The maximum atomic E-state index is 6.42. The van der Waals surface area contributed by atoms with Crippen molar-refractivity contribution < 1.29 is 0 Å². The summed E-state index contributed by atoms with van der Waals surface area (Å²) in [4.78, 5) is 8.85. The predicted octanol–water partition coefficient (Wildman–Crippen LogP) is 2.82. The van der Waals surface area contributed by atoms with Gasteiger partial charge in [0.15, 0.2) is 0 Å². The molecule has 7 heteroatoms. The average Bonchev–Trinajstić information content (AvgIpc) is 2.84. The number of anilines is 2. The number of aromatic nitrogens is 2. The van der Waals surface area contributed by atoms with Crippen LogP contribution >= 0.6 is 24.8 Å². The number of nitrogens with zero attached hydrogens (tertiary/aromatic N) is 2. The van der Waals surface area contributed by atoms with Gasteiger partial charge in [-0.15, -0.1) is 24.8 Å². The zero-order valence-corrected chi connectivity index (χ0v) is 15.0. The van der Waals surface area contributed by atoms with Crippen LogP contribution in [0.25, 0.3) is 0 Å². The second-order valence-electron chi connectivity index (χ2n) is 6.24. The fourth-order valence-electron chi connectivity index (χ4n) is 3.67. The van der Waals surface area contributed by atoms with E-state index in [1.165, 1.54) is 29.5 Å². The van der Waals surface area contributed by atoms with Crippen LogP contribution in [-0.2, 0) is 19.3 Å². The number of aryl methyl sites for hydroxylation is 1. The Kier molecular flexibility index (Phi) is 5.91. The lowest BCUT2D eigenvalue weighted by atomic mass is 9.96. The Bertz CT molecular complexity index is 722. The van der Waals surface area contributed by atoms with E-state index < -0.39 is 0 Å². The molecule has 1 aromatic heterocycles. The van der Waals surface area contributed by atoms with Crippen LogP contribution in [0.5, 0.6) is 0 Å². The molecule has 5 N–H and O–H groups in total. The van der Waals surface area contributed by atoms with Gasteiger partial charge in [-0.25, -0.2) is 4.98 Å². The summed E-state index contributed by atoms with van der Waals surface area (Å²) < 4.78 is 0. The highest BCUT2D eigenvalue weighted by atomic mass is 35.5. The molecule has 1 heterocycles. The largest absolute Gasteiger partial charge is 0.368 e. The minimum absolute atomic E-state index is 0. The molecule has 0 spiro atoms. The second-order valence-corrected chi connectivity index (χ2v) is 6.24. The summed E-state index contributed by atoms with van der Waals surface area (Å²) in [6, 6.07) is 8.54. The van der Waals surface area contributed by atoms with E-state index in [4.69, 9.17) is 11.5 Å². The van der Waals surface area contributed by atoms with Crippen LogP contribution in [-0.4, -0.2) is 16.0 Å². The summed E-state index contributed by atoms with van der Waals surface area (Å²) in [5, 5.41) is 3.55. The molecule has 0 saturated heterocycles. The highest BCUT2D eigenvalue weighted by Gasteiger charge is 2.30. The summed E-state index contributed by atoms with van der Waals surface area (Å²) >= 11 is 0. The SMILES string of the molecule is Cl.Cl.Nc1nc2c(c(N[C@H]3Cc4ccccc4[C@@H]3N)n1)CCCC2. The van der Waals surface area contributed by atoms with Crippen molar-refractivity contribution in [3.05, 3.63) is 46.6 Å². The molecule has 2 aliphatic rings. The topological polar surface area (TPSA) is 89.8 Å². The van der Waals surface area contributed by atoms with E-state index in [1.807, 2.05) is 6.07 Å². The average molecular weight is 368 g/mol. The van der Waals surface area contributed by atoms with E-state index in [2.05, 4.69) is 33.5 Å². The summed E-state index contributed by atoms with van der Waals surface area (Å²) in [5.41, 5.74) is 17.2. The van der Waals surface area contributed by atoms with E-state index in [1.54, 1.807) is 0 Å². The highest BCUT2D eigenvalue weighted by Crippen LogP contribution is 2.33. The minimum atomic E-state index is -0.00775. The molecule has 4 rings (SSSR count). The first kappa shape index (κ1) is 18.8. The van der Waals surface area contributed by atoms with E-state index >= 15 is 0 Å². The molecular formula is C17H23Cl2N5. The smallest absolute Gasteiger partial charge is 0.222 e. The summed E-state index contributed by atoms with van der Waals surface area (Å²) in [6.45, 7) is 0. The fraction of sp³-hybridized carbons (Fsp3) is 0.412. The summed E-state index contributed by atoms with van der Waals surface area (Å²) in [6.07, 6.45) is 5.31. The van der Waals surface area contributed by atoms with E-state index in [9.17, 15) is 0 Å². The third-order valence-electron chi connectivity index (χ3n) is 4.81. The Labute approximate surface area is 154 Å². The van der Waals surface area contributed by atoms with Crippen LogP contribution in [0.2, 0.25) is 0 Å². The molecule has 5 nitrogen and oxygen atoms in total. The Morgan fingerprint density at radius 1 is 1.04 bits per heavy atom. The monoisotopic (exact) mass is 367 g/mol. The number of hydrogen-bond donors (Lipinski definition) is 3. The molecule has 2 aromatic rings. The van der Waals surface area contributed by atoms with Gasteiger partial charge in [0.05, 0.1) is 17.8 Å². The molecule has 0 radical (unpaired) electrons. The van der Waals surface area contributed by atoms with Crippen LogP contribution < -0.4 is 16.8 Å². The van der Waals surface area contributed by atoms with Gasteiger partial charge in [-0.05, 0) is 43.2 Å². The van der Waals surface area contributed by atoms with E-state index in [0.29, 0.717) is 5.95 Å². The van der Waals surface area contributed by atoms with E-state index in [-0.39, 0.29) is 36.9 Å². The lowest BCUT2D eigenvalue weighted by molar-refractivity contribution is 0.619. The zero-order chi connectivity index (χ0) is 15.1. The lowest BCUT2D eigenvalue weighted by Crippen LogP contribution is -2.31. The molecule has 0 fully saturated rings. The number of benzene rings is 1. The zero-order valence-electron chi connectivity index (χ0n) is 13.4. The quantitative estimate of drug-likeness (QED) is 0.759. The standard InChI is InChI=1S/C17H21N5.2ClH/c18-15-11-6-2-1-5-10(11)9-14(15)20-16-12-7-3-4-8-13(12)21-17(19)22-16;;/h1-2,5-6,14-15H,3-4,7-9,18H2,(H3,19,20,21,22);2*1H/t14-,15-;;/m0../s1. The summed E-state index contributed by atoms with van der Waals surface area (Å²) in [5.74, 6) is 1.24. The van der Waals surface area contributed by atoms with Gasteiger partial charge in [-0.2, -0.15) is 4.98 Å². The minimum Gasteiger partial charge on any atom is -0.368 e. The summed E-state index contributed by atoms with van der Waals surface area (Å²) in [7, 11) is 0. The Balaban J connectivity index is 0.00000104. The number of rotatable bonds is 2. The van der Waals surface area contributed by atoms with Gasteiger partial charge in [0.1, 0.15) is 5.82 Å². The van der Waals surface area contributed by atoms with Crippen molar-refractivity contribution >= 4 is 36.6 Å². The Morgan fingerprint density at radius 2 is 1.79 bits per heavy atom. The van der Waals surface area contributed by atoms with Gasteiger partial charge < -0.3 is 16.8 Å². The van der Waals surface area contributed by atoms with Gasteiger partial charge in [0.25, 0.3) is 0 Å². The number of fused-ring (bicyclic) bond motifs is 2. The predicted molar refractivity (Wildman–Crippen MR) is 102 cm³/mol. The van der Waals surface area contributed by atoms with Gasteiger partial charge in [0.2, 0.25) is 5.95 Å². The van der Waals surface area contributed by atoms with E-state index in [0.717, 1.165) is 30.8 Å². The first-order valence-electron chi connectivity index (χ1n) is 7.97. The van der Waals surface area contributed by atoms with Crippen LogP contribution in [0.3, 0.4) is 0 Å². The van der Waals surface area contributed by atoms with Gasteiger partial charge >= 0.3 is 0 Å². The molecule has 0 saturated carbocycles. The highest BCUT2D eigenvalue weighted by molar-refractivity contribution is 5.85. The van der Waals surface area contributed by atoms with Gasteiger partial charge in [0, 0.05) is 5.56 Å². The third kappa shape index (κ3) is 3.29. The molecule has 1 aromatic carbocycles. The van der Waals surface area contributed by atoms with Crippen molar-refractivity contribution in [3.63, 3.8) is 0 Å². The molecule has 0 unspecified atom stereocenters. The number of hydrogen-bond acceptors (Lipinski definition) is 5. The van der Waals surface area contributed by atoms with Crippen molar-refractivity contribution in [1.82, 2.24) is 9.97 Å². The maximum Gasteiger partial charge on any atom is 0.222 e. The van der Waals surface area contributed by atoms with Crippen LogP contribution in [0, 0.1) is 0 Å². The number of nitrogens with two attached hydrogens (primary N) is 2. The molecule has 24 heavy (non-hydrogen) atoms. The van der Waals surface area contributed by atoms with Crippen molar-refractivity contribution in [1.29, 1.82) is 0 Å². The van der Waals surface area contributed by atoms with Crippen molar-refractivity contribution in [3.8, 4) is 0 Å². The number of halogens is 2. The molecule has 0 amide bonds. The van der Waals surface area contributed by atoms with Crippen molar-refractivity contribution in [2.45, 2.75) is 44.2 Å².